The summed E-state index contributed by atoms with van der Waals surface area (Å²) in [6.45, 7) is 5.17. The van der Waals surface area contributed by atoms with Gasteiger partial charge in [0.05, 0.1) is 13.2 Å². The fraction of sp³-hybridized carbons (Fsp3) is 0.462. The van der Waals surface area contributed by atoms with E-state index in [1.54, 1.807) is 38.1 Å². The van der Waals surface area contributed by atoms with Crippen LogP contribution in [0, 0.1) is 0 Å². The van der Waals surface area contributed by atoms with Crippen LogP contribution in [0.4, 0.5) is 0 Å². The van der Waals surface area contributed by atoms with Crippen LogP contribution in [0.25, 0.3) is 0 Å². The molecular weight excluding hydrogens is 303 g/mol. The van der Waals surface area contributed by atoms with Crippen molar-refractivity contribution in [3.63, 3.8) is 0 Å². The Morgan fingerprint density at radius 3 is 2.15 bits per heavy atom. The Morgan fingerprint density at radius 1 is 1.20 bits per heavy atom. The number of carbonyl (C=O) groups excluding carboxylic acids is 1. The quantitative estimate of drug-likeness (QED) is 0.533. The lowest BCUT2D eigenvalue weighted by molar-refractivity contribution is 0.0637. The lowest BCUT2D eigenvalue weighted by atomic mass is 10.1. The van der Waals surface area contributed by atoms with Gasteiger partial charge in [0.2, 0.25) is 0 Å². The van der Waals surface area contributed by atoms with E-state index >= 15 is 0 Å². The Hall–Kier alpha value is -0.710. The molecule has 1 aromatic rings. The van der Waals surface area contributed by atoms with Crippen LogP contribution in [0.1, 0.15) is 31.1 Å². The van der Waals surface area contributed by atoms with Crippen LogP contribution < -0.4 is 0 Å². The van der Waals surface area contributed by atoms with Crippen molar-refractivity contribution in [3.8, 4) is 0 Å². The zero-order chi connectivity index (χ0) is 15.2. The number of carbonyl (C=O) groups is 1. The van der Waals surface area contributed by atoms with Crippen molar-refractivity contribution in [1.82, 2.24) is 0 Å². The molecule has 0 aromatic heterocycles. The summed E-state index contributed by atoms with van der Waals surface area (Å²) >= 11 is 5.76. The first-order valence-corrected chi connectivity index (χ1v) is 8.13. The van der Waals surface area contributed by atoms with E-state index < -0.39 is 13.9 Å². The van der Waals surface area contributed by atoms with E-state index in [1.807, 2.05) is 0 Å². The first-order chi connectivity index (χ1) is 9.41. The van der Waals surface area contributed by atoms with Gasteiger partial charge in [-0.3, -0.25) is 18.4 Å². The molecule has 0 fully saturated rings. The Bertz CT molecular complexity index is 478. The van der Waals surface area contributed by atoms with Crippen LogP contribution in [0.15, 0.2) is 24.3 Å². The number of phosphoric acid groups is 1. The van der Waals surface area contributed by atoms with Gasteiger partial charge >= 0.3 is 7.82 Å². The molecule has 0 saturated heterocycles. The molecule has 0 aliphatic heterocycles. The van der Waals surface area contributed by atoms with Gasteiger partial charge in [0.25, 0.3) is 0 Å². The van der Waals surface area contributed by atoms with Crippen LogP contribution in [-0.2, 0) is 18.1 Å². The third kappa shape index (κ3) is 5.00. The fourth-order valence-corrected chi connectivity index (χ4v) is 2.94. The first kappa shape index (κ1) is 17.3. The SMILES string of the molecule is CCOP(=O)(OCC)OC(C)C(=O)c1ccc(Cl)cc1. The molecule has 1 aromatic carbocycles. The molecule has 0 amide bonds. The van der Waals surface area contributed by atoms with Crippen molar-refractivity contribution in [3.05, 3.63) is 34.9 Å². The van der Waals surface area contributed by atoms with Gasteiger partial charge < -0.3 is 0 Å². The van der Waals surface area contributed by atoms with Crippen molar-refractivity contribution < 1.29 is 22.9 Å². The molecule has 1 unspecified atom stereocenters. The molecule has 0 radical (unpaired) electrons. The number of hydrogen-bond acceptors (Lipinski definition) is 5. The second kappa shape index (κ2) is 7.91. The minimum atomic E-state index is -3.71. The van der Waals surface area contributed by atoms with Crippen molar-refractivity contribution in [2.24, 2.45) is 0 Å². The number of benzene rings is 1. The summed E-state index contributed by atoms with van der Waals surface area (Å²) in [6.07, 6.45) is -0.944. The summed E-state index contributed by atoms with van der Waals surface area (Å²) in [4.78, 5) is 12.1. The first-order valence-electron chi connectivity index (χ1n) is 6.29. The lowest BCUT2D eigenvalue weighted by Crippen LogP contribution is -2.21. The van der Waals surface area contributed by atoms with Gasteiger partial charge in [-0.1, -0.05) is 11.6 Å². The smallest absolute Gasteiger partial charge is 0.291 e. The molecule has 0 aliphatic carbocycles. The van der Waals surface area contributed by atoms with Gasteiger partial charge in [0.15, 0.2) is 5.78 Å². The third-order valence-corrected chi connectivity index (χ3v) is 4.33. The van der Waals surface area contributed by atoms with E-state index in [2.05, 4.69) is 0 Å². The van der Waals surface area contributed by atoms with E-state index in [4.69, 9.17) is 25.2 Å². The Morgan fingerprint density at radius 2 is 1.70 bits per heavy atom. The molecular formula is C13H18ClO5P. The van der Waals surface area contributed by atoms with E-state index in [0.29, 0.717) is 10.6 Å². The molecule has 5 nitrogen and oxygen atoms in total. The van der Waals surface area contributed by atoms with Crippen LogP contribution >= 0.6 is 19.4 Å². The molecule has 0 bridgehead atoms. The summed E-state index contributed by atoms with van der Waals surface area (Å²) in [7, 11) is -3.71. The van der Waals surface area contributed by atoms with E-state index in [0.717, 1.165) is 0 Å². The van der Waals surface area contributed by atoms with E-state index in [9.17, 15) is 9.36 Å². The average Bonchev–Trinajstić information content (AvgIpc) is 2.39. The van der Waals surface area contributed by atoms with Crippen LogP contribution in [0.5, 0.6) is 0 Å². The standard InChI is InChI=1S/C13H18ClO5P/c1-4-17-20(16,18-5-2)19-10(3)13(15)11-6-8-12(14)9-7-11/h6-10H,4-5H2,1-3H3. The highest BCUT2D eigenvalue weighted by Gasteiger charge is 2.31. The Balaban J connectivity index is 2.78. The molecule has 0 heterocycles. The molecule has 1 rings (SSSR count). The predicted molar refractivity (Wildman–Crippen MR) is 77.2 cm³/mol. The van der Waals surface area contributed by atoms with Gasteiger partial charge in [-0.2, -0.15) is 0 Å². The molecule has 0 saturated carbocycles. The fourth-order valence-electron chi connectivity index (χ4n) is 1.50. The second-order valence-electron chi connectivity index (χ2n) is 3.90. The van der Waals surface area contributed by atoms with Crippen molar-refractivity contribution >= 4 is 25.2 Å². The Kier molecular flexibility index (Phi) is 6.86. The normalized spacial score (nSPS) is 13.2. The van der Waals surface area contributed by atoms with Crippen LogP contribution in [-0.4, -0.2) is 25.1 Å². The summed E-state index contributed by atoms with van der Waals surface area (Å²) < 4.78 is 27.3. The minimum Gasteiger partial charge on any atom is -0.291 e. The highest BCUT2D eigenvalue weighted by atomic mass is 35.5. The van der Waals surface area contributed by atoms with Crippen LogP contribution in [0.2, 0.25) is 5.02 Å². The zero-order valence-corrected chi connectivity index (χ0v) is 13.3. The van der Waals surface area contributed by atoms with Gasteiger partial charge in [-0.15, -0.1) is 0 Å². The lowest BCUT2D eigenvalue weighted by Gasteiger charge is -2.20. The number of halogens is 1. The summed E-state index contributed by atoms with van der Waals surface area (Å²) in [5, 5.41) is 0.532. The second-order valence-corrected chi connectivity index (χ2v) is 5.96. The van der Waals surface area contributed by atoms with Gasteiger partial charge in [0, 0.05) is 10.6 Å². The van der Waals surface area contributed by atoms with Gasteiger partial charge in [-0.25, -0.2) is 4.57 Å². The number of rotatable bonds is 8. The van der Waals surface area contributed by atoms with Crippen molar-refractivity contribution in [1.29, 1.82) is 0 Å². The van der Waals surface area contributed by atoms with Gasteiger partial charge in [-0.05, 0) is 45.0 Å². The monoisotopic (exact) mass is 320 g/mol. The zero-order valence-electron chi connectivity index (χ0n) is 11.7. The van der Waals surface area contributed by atoms with Crippen molar-refractivity contribution in [2.45, 2.75) is 26.9 Å². The van der Waals surface area contributed by atoms with E-state index in [1.165, 1.54) is 6.92 Å². The Labute approximate surface area is 123 Å². The predicted octanol–water partition coefficient (Wildman–Crippen LogP) is 4.11. The number of hydrogen-bond donors (Lipinski definition) is 0. The molecule has 20 heavy (non-hydrogen) atoms. The summed E-state index contributed by atoms with van der Waals surface area (Å²) in [5.41, 5.74) is 0.418. The maximum atomic E-state index is 12.2. The average molecular weight is 321 g/mol. The molecule has 7 heteroatoms. The summed E-state index contributed by atoms with van der Waals surface area (Å²) in [6, 6.07) is 6.37. The molecule has 0 spiro atoms. The maximum Gasteiger partial charge on any atom is 0.475 e. The topological polar surface area (TPSA) is 61.8 Å². The van der Waals surface area contributed by atoms with Crippen LogP contribution in [0.3, 0.4) is 0 Å². The summed E-state index contributed by atoms with van der Waals surface area (Å²) in [5.74, 6) is -0.318. The third-order valence-electron chi connectivity index (χ3n) is 2.36. The highest BCUT2D eigenvalue weighted by molar-refractivity contribution is 7.48. The largest absolute Gasteiger partial charge is 0.475 e. The maximum absolute atomic E-state index is 12.2. The van der Waals surface area contributed by atoms with Crippen molar-refractivity contribution in [2.75, 3.05) is 13.2 Å². The minimum absolute atomic E-state index is 0.166. The number of phosphoric ester groups is 1. The molecule has 112 valence electrons. The molecule has 0 N–H and O–H groups in total. The van der Waals surface area contributed by atoms with Gasteiger partial charge in [0.1, 0.15) is 6.10 Å². The number of Topliss-reactive ketones (excluding diaryl/α,β-unsaturated/α-hetero) is 1. The highest BCUT2D eigenvalue weighted by Crippen LogP contribution is 2.50. The molecule has 1 atom stereocenters. The van der Waals surface area contributed by atoms with E-state index in [-0.39, 0.29) is 19.0 Å². The number of ketones is 1. The molecule has 0 aliphatic rings.